The van der Waals surface area contributed by atoms with Gasteiger partial charge in [-0.2, -0.15) is 27.5 Å². The highest BCUT2D eigenvalue weighted by molar-refractivity contribution is 8.51. The average molecular weight is 782 g/mol. The van der Waals surface area contributed by atoms with Crippen LogP contribution in [0.1, 0.15) is 140 Å². The molecule has 0 bridgehead atoms. The second kappa shape index (κ2) is 16.2. The lowest BCUT2D eigenvalue weighted by atomic mass is 9.27. The second-order valence-electron chi connectivity index (χ2n) is 19.2. The van der Waals surface area contributed by atoms with Gasteiger partial charge in [-0.25, -0.2) is 5.46 Å². The van der Waals surface area contributed by atoms with Crippen LogP contribution in [0.25, 0.3) is 0 Å². The molecule has 4 aliphatic carbocycles. The molecule has 1 atom stereocenters. The van der Waals surface area contributed by atoms with Crippen molar-refractivity contribution in [3.63, 3.8) is 0 Å². The van der Waals surface area contributed by atoms with Gasteiger partial charge in [-0.15, -0.1) is 0 Å². The molecule has 55 heavy (non-hydrogen) atoms. The highest BCUT2D eigenvalue weighted by Crippen LogP contribution is 2.92. The van der Waals surface area contributed by atoms with Crippen molar-refractivity contribution in [2.75, 3.05) is 0 Å². The molecule has 0 aromatic heterocycles. The molecule has 0 spiro atoms. The van der Waals surface area contributed by atoms with Gasteiger partial charge in [-0.3, -0.25) is 0 Å². The van der Waals surface area contributed by atoms with E-state index < -0.39 is 27.6 Å². The minimum Gasteiger partial charge on any atom is -0.220 e. The molecule has 0 amide bonds. The standard InChI is InChI=1S/C50H66B2P3/c1-7-25-43(26-8-1)53(44-27-9-2-10-28-44)52-50-38-22-20-24-42(50)39-54(45-29-11-3-12-30-45,46-31-13-4-14-32-46)51(52)49-37-21-19-23-41(49)40-55(52,47-33-15-5-16-34-47)48-35-17-6-18-36-48/h1-2,7-10,19-28,37-38,45-48H,3-6,11-18,29-36,39-40H2/t52-/m0/s1. The summed E-state index contributed by atoms with van der Waals surface area (Å²) in [6, 6.07) is 46.2. The summed E-state index contributed by atoms with van der Waals surface area (Å²) >= 11 is 0. The lowest BCUT2D eigenvalue weighted by Gasteiger charge is -2.78. The predicted octanol–water partition coefficient (Wildman–Crippen LogP) is 12.8. The quantitative estimate of drug-likeness (QED) is 0.129. The van der Waals surface area contributed by atoms with E-state index >= 15 is 0 Å². The van der Waals surface area contributed by atoms with Gasteiger partial charge in [0.15, 0.2) is 0 Å². The van der Waals surface area contributed by atoms with Crippen LogP contribution in [0.5, 0.6) is 0 Å². The van der Waals surface area contributed by atoms with Gasteiger partial charge in [0.1, 0.15) is 5.48 Å². The molecule has 10 rings (SSSR count). The lowest BCUT2D eigenvalue weighted by molar-refractivity contribution is 0.480. The Kier molecular flexibility index (Phi) is 11.0. The fourth-order valence-corrected chi connectivity index (χ4v) is 40.0. The number of rotatable bonds is 7. The van der Waals surface area contributed by atoms with E-state index in [-0.39, 0.29) is 0 Å². The fraction of sp³-hybridized carbons (Fsp3) is 0.520. The van der Waals surface area contributed by atoms with Crippen LogP contribution < -0.4 is 21.5 Å². The Morgan fingerprint density at radius 2 is 0.836 bits per heavy atom. The molecule has 0 nitrogen and oxygen atoms in total. The van der Waals surface area contributed by atoms with Crippen LogP contribution in [0.15, 0.2) is 109 Å². The van der Waals surface area contributed by atoms with E-state index in [0.717, 1.165) is 29.0 Å². The van der Waals surface area contributed by atoms with E-state index in [2.05, 4.69) is 109 Å². The van der Waals surface area contributed by atoms with Crippen molar-refractivity contribution in [2.24, 2.45) is 0 Å². The number of benzene rings is 4. The minimum atomic E-state index is -1.72. The van der Waals surface area contributed by atoms with Crippen LogP contribution in [-0.2, 0) is 12.3 Å². The average Bonchev–Trinajstić information content (AvgIpc) is 3.27. The molecule has 4 aromatic rings. The normalized spacial score (nSPS) is 26.6. The Morgan fingerprint density at radius 3 is 1.35 bits per heavy atom. The first kappa shape index (κ1) is 37.6. The van der Waals surface area contributed by atoms with Crippen molar-refractivity contribution < 1.29 is 0 Å². The maximum Gasteiger partial charge on any atom is 0.106 e. The third kappa shape index (κ3) is 6.10. The zero-order valence-corrected chi connectivity index (χ0v) is 36.4. The van der Waals surface area contributed by atoms with Crippen LogP contribution in [-0.4, -0.2) is 34.4 Å². The third-order valence-corrected chi connectivity index (χ3v) is 35.6. The van der Waals surface area contributed by atoms with Gasteiger partial charge < -0.3 is 0 Å². The first-order valence-electron chi connectivity index (χ1n) is 23.2. The monoisotopic (exact) mass is 781 g/mol. The molecule has 2 aliphatic heterocycles. The molecule has 4 fully saturated rings. The number of fused-ring (bicyclic) bond motifs is 5. The highest BCUT2D eigenvalue weighted by atomic mass is 31.2. The zero-order valence-electron chi connectivity index (χ0n) is 33.8. The smallest absolute Gasteiger partial charge is 0.106 e. The van der Waals surface area contributed by atoms with Crippen molar-refractivity contribution in [3.05, 3.63) is 120 Å². The van der Waals surface area contributed by atoms with E-state index in [4.69, 9.17) is 0 Å². The van der Waals surface area contributed by atoms with Crippen molar-refractivity contribution in [1.82, 2.24) is 0 Å². The molecular weight excluding hydrogens is 715 g/mol. The van der Waals surface area contributed by atoms with Gasteiger partial charge in [0.2, 0.25) is 0 Å². The van der Waals surface area contributed by atoms with Gasteiger partial charge in [-0.1, -0.05) is 151 Å². The van der Waals surface area contributed by atoms with E-state index in [1.165, 1.54) is 141 Å². The van der Waals surface area contributed by atoms with Gasteiger partial charge in [-0.05, 0) is 108 Å². The minimum absolute atomic E-state index is 0.657. The molecular formula is C50H66B2P3. The molecule has 1 radical (unpaired) electrons. The summed E-state index contributed by atoms with van der Waals surface area (Å²) < 4.78 is 0. The van der Waals surface area contributed by atoms with Gasteiger partial charge in [0, 0.05) is 41.3 Å². The predicted molar refractivity (Wildman–Crippen MR) is 251 cm³/mol. The van der Waals surface area contributed by atoms with Crippen molar-refractivity contribution >= 4 is 55.4 Å². The largest absolute Gasteiger partial charge is 0.220 e. The zero-order chi connectivity index (χ0) is 36.7. The Labute approximate surface area is 337 Å². The van der Waals surface area contributed by atoms with E-state index in [1.54, 1.807) is 10.6 Å². The van der Waals surface area contributed by atoms with Gasteiger partial charge in [0.25, 0.3) is 0 Å². The van der Waals surface area contributed by atoms with E-state index in [9.17, 15) is 0 Å². The summed E-state index contributed by atoms with van der Waals surface area (Å²) in [5.41, 5.74) is 10.3. The molecule has 6 aliphatic rings. The second-order valence-corrected chi connectivity index (χ2v) is 31.1. The number of hydrogen-bond acceptors (Lipinski definition) is 0. The fourth-order valence-electron chi connectivity index (χ4n) is 15.2. The SMILES string of the molecule is c1ccc(P(c2ccccc2)[B@-]23[B-](c4ccccc4C[P+]2(C2CCCCC2)C2CCCCC2)[P+](C2CCCCC2)(C2CCCCC2)Cc2ccccc23)cc1. The summed E-state index contributed by atoms with van der Waals surface area (Å²) in [7, 11) is -3.98. The molecule has 0 saturated heterocycles. The molecule has 287 valence electrons. The van der Waals surface area contributed by atoms with Crippen molar-refractivity contribution in [2.45, 2.75) is 163 Å². The van der Waals surface area contributed by atoms with E-state index in [1.807, 2.05) is 22.1 Å². The van der Waals surface area contributed by atoms with E-state index in [0.29, 0.717) is 0 Å². The lowest BCUT2D eigenvalue weighted by Crippen LogP contribution is -2.77. The topological polar surface area (TPSA) is 0 Å². The van der Waals surface area contributed by atoms with Crippen LogP contribution >= 0.6 is 22.1 Å². The van der Waals surface area contributed by atoms with Gasteiger partial charge in [0.05, 0.1) is 0 Å². The van der Waals surface area contributed by atoms with Crippen LogP contribution in [0, 0.1) is 0 Å². The highest BCUT2D eigenvalue weighted by Gasteiger charge is 2.71. The Hall–Kier alpha value is -1.70. The molecule has 0 unspecified atom stereocenters. The Balaban J connectivity index is 1.42. The Morgan fingerprint density at radius 1 is 0.418 bits per heavy atom. The maximum atomic E-state index is 2.84. The maximum absolute atomic E-state index is 2.84. The van der Waals surface area contributed by atoms with Crippen LogP contribution in [0.3, 0.4) is 0 Å². The van der Waals surface area contributed by atoms with Crippen molar-refractivity contribution in [3.8, 4) is 0 Å². The summed E-state index contributed by atoms with van der Waals surface area (Å²) in [4.78, 5) is 0. The molecule has 0 N–H and O–H groups in total. The summed E-state index contributed by atoms with van der Waals surface area (Å²) in [5, 5.41) is 3.43. The molecule has 4 aromatic carbocycles. The summed E-state index contributed by atoms with van der Waals surface area (Å²) in [6.45, 7) is 0. The Bertz CT molecular complexity index is 1820. The molecule has 2 heterocycles. The summed E-state index contributed by atoms with van der Waals surface area (Å²) in [6.07, 6.45) is 33.4. The summed E-state index contributed by atoms with van der Waals surface area (Å²) in [5.74, 6) is 0. The van der Waals surface area contributed by atoms with Crippen LogP contribution in [0.2, 0.25) is 0 Å². The first-order chi connectivity index (χ1) is 27.3. The first-order valence-corrected chi connectivity index (χ1v) is 29.0. The van der Waals surface area contributed by atoms with Crippen LogP contribution in [0.4, 0.5) is 0 Å². The van der Waals surface area contributed by atoms with Crippen molar-refractivity contribution in [1.29, 1.82) is 0 Å². The number of hydrogen-bond donors (Lipinski definition) is 0. The molecule has 4 saturated carbocycles. The molecule has 5 heteroatoms. The third-order valence-electron chi connectivity index (χ3n) is 16.9. The van der Waals surface area contributed by atoms with Gasteiger partial charge >= 0.3 is 0 Å².